The summed E-state index contributed by atoms with van der Waals surface area (Å²) in [7, 11) is 3.29. The summed E-state index contributed by atoms with van der Waals surface area (Å²) in [6, 6.07) is 14.7. The SMILES string of the molecule is COc1cc(NC(C)CCCNC(=O)N[C@@H](CCCN=C(N)N)C(=O)NCCCC(C)Nc2cc(OC)cc3cccnc23)c2ncccc2c1.Cl. The van der Waals surface area contributed by atoms with E-state index in [0.717, 1.165) is 70.4 Å². The van der Waals surface area contributed by atoms with Crippen molar-refractivity contribution in [2.45, 2.75) is 70.5 Å². The summed E-state index contributed by atoms with van der Waals surface area (Å²) in [6.45, 7) is 5.43. The maximum absolute atomic E-state index is 13.2. The van der Waals surface area contributed by atoms with E-state index in [4.69, 9.17) is 20.9 Å². The van der Waals surface area contributed by atoms with Crippen LogP contribution in [0, 0.1) is 0 Å². The number of aliphatic imine (C=N–C) groups is 1. The van der Waals surface area contributed by atoms with Crippen LogP contribution in [0.5, 0.6) is 11.5 Å². The number of hydrogen-bond donors (Lipinski definition) is 7. The second-order valence-corrected chi connectivity index (χ2v) is 12.6. The number of hydrogen-bond acceptors (Lipinski definition) is 9. The molecule has 0 saturated heterocycles. The molecule has 0 radical (unpaired) electrons. The number of benzene rings is 2. The summed E-state index contributed by atoms with van der Waals surface area (Å²) in [5, 5.41) is 17.7. The Morgan fingerprint density at radius 2 is 1.29 bits per heavy atom. The monoisotopic (exact) mass is 736 g/mol. The van der Waals surface area contributed by atoms with Gasteiger partial charge in [-0.2, -0.15) is 0 Å². The number of amides is 3. The molecule has 3 amide bonds. The van der Waals surface area contributed by atoms with Crippen LogP contribution in [0.15, 0.2) is 65.9 Å². The van der Waals surface area contributed by atoms with Crippen molar-refractivity contribution >= 4 is 63.5 Å². The Kier molecular flexibility index (Phi) is 16.8. The van der Waals surface area contributed by atoms with Gasteiger partial charge in [0.2, 0.25) is 5.91 Å². The standard InChI is InChI=1S/C37H52N10O4.ClH/c1-24(45-31-22-28(50-3)20-26-12-7-15-40-33(26)31)10-5-17-42-35(48)30(14-9-18-43-36(38)39)47-37(49)44-19-6-11-25(2)46-32-23-29(51-4)21-27-13-8-16-41-34(27)32;/h7-8,12-13,15-16,20-25,30,45-46H,5-6,9-11,14,17-19H2,1-4H3,(H,42,48)(H4,38,39,43)(H2,44,47,49);1H/t24?,25?,30-;/m0./s1. The smallest absolute Gasteiger partial charge is 0.315 e. The van der Waals surface area contributed by atoms with E-state index in [2.05, 4.69) is 55.4 Å². The molecule has 2 unspecified atom stereocenters. The van der Waals surface area contributed by atoms with Crippen LogP contribution in [0.3, 0.4) is 0 Å². The zero-order chi connectivity index (χ0) is 36.6. The van der Waals surface area contributed by atoms with E-state index in [0.29, 0.717) is 32.5 Å². The van der Waals surface area contributed by atoms with Gasteiger partial charge in [-0.1, -0.05) is 12.1 Å². The number of halogens is 1. The first kappa shape index (κ1) is 41.2. The molecule has 4 aromatic rings. The molecular formula is C37H53ClN10O4. The predicted molar refractivity (Wildman–Crippen MR) is 212 cm³/mol. The number of guanidine groups is 1. The van der Waals surface area contributed by atoms with Crippen molar-refractivity contribution in [3.8, 4) is 11.5 Å². The lowest BCUT2D eigenvalue weighted by Gasteiger charge is -2.20. The summed E-state index contributed by atoms with van der Waals surface area (Å²) in [6.07, 6.45) is 7.50. The van der Waals surface area contributed by atoms with Gasteiger partial charge >= 0.3 is 6.03 Å². The zero-order valence-corrected chi connectivity index (χ0v) is 31.2. The molecule has 2 aromatic heterocycles. The lowest BCUT2D eigenvalue weighted by atomic mass is 10.1. The largest absolute Gasteiger partial charge is 0.497 e. The molecule has 4 rings (SSSR count). The number of urea groups is 1. The number of anilines is 2. The van der Waals surface area contributed by atoms with Gasteiger partial charge < -0.3 is 47.5 Å². The first-order valence-corrected chi connectivity index (χ1v) is 17.4. The van der Waals surface area contributed by atoms with Gasteiger partial charge in [-0.15, -0.1) is 12.4 Å². The van der Waals surface area contributed by atoms with E-state index < -0.39 is 12.1 Å². The Bertz CT molecular complexity index is 1770. The van der Waals surface area contributed by atoms with E-state index in [1.807, 2.05) is 48.5 Å². The number of carbonyl (C=O) groups excluding carboxylic acids is 2. The fourth-order valence-corrected chi connectivity index (χ4v) is 5.80. The van der Waals surface area contributed by atoms with Crippen LogP contribution in [0.1, 0.15) is 52.4 Å². The minimum Gasteiger partial charge on any atom is -0.497 e. The van der Waals surface area contributed by atoms with Crippen LogP contribution in [-0.4, -0.2) is 79.8 Å². The van der Waals surface area contributed by atoms with Crippen molar-refractivity contribution in [2.75, 3.05) is 44.5 Å². The van der Waals surface area contributed by atoms with Crippen LogP contribution >= 0.6 is 12.4 Å². The number of methoxy groups -OCH3 is 2. The number of ether oxygens (including phenoxy) is 2. The lowest BCUT2D eigenvalue weighted by molar-refractivity contribution is -0.123. The maximum Gasteiger partial charge on any atom is 0.315 e. The number of fused-ring (bicyclic) bond motifs is 2. The Hall–Kier alpha value is -5.24. The molecule has 0 spiro atoms. The molecule has 0 saturated carbocycles. The quantitative estimate of drug-likeness (QED) is 0.0371. The number of rotatable bonds is 20. The molecule has 0 bridgehead atoms. The number of aromatic nitrogens is 2. The Balaban J connectivity index is 0.00000729. The van der Waals surface area contributed by atoms with E-state index in [1.54, 1.807) is 26.6 Å². The molecule has 0 fully saturated rings. The zero-order valence-electron chi connectivity index (χ0n) is 30.4. The summed E-state index contributed by atoms with van der Waals surface area (Å²) in [4.78, 5) is 39.1. The fraction of sp³-hybridized carbons (Fsp3) is 0.432. The van der Waals surface area contributed by atoms with Crippen LogP contribution in [0.4, 0.5) is 16.2 Å². The molecule has 2 heterocycles. The Morgan fingerprint density at radius 3 is 1.79 bits per heavy atom. The van der Waals surface area contributed by atoms with Gasteiger partial charge in [0, 0.05) is 67.0 Å². The van der Waals surface area contributed by atoms with E-state index >= 15 is 0 Å². The first-order chi connectivity index (χ1) is 24.7. The lowest BCUT2D eigenvalue weighted by Crippen LogP contribution is -2.50. The van der Waals surface area contributed by atoms with Crippen LogP contribution < -0.4 is 47.5 Å². The third kappa shape index (κ3) is 12.8. The molecule has 9 N–H and O–H groups in total. The van der Waals surface area contributed by atoms with E-state index in [-0.39, 0.29) is 36.4 Å². The van der Waals surface area contributed by atoms with E-state index in [9.17, 15) is 9.59 Å². The highest BCUT2D eigenvalue weighted by Gasteiger charge is 2.20. The van der Waals surface area contributed by atoms with Crippen molar-refractivity contribution in [3.63, 3.8) is 0 Å². The van der Waals surface area contributed by atoms with Gasteiger partial charge in [-0.25, -0.2) is 4.79 Å². The van der Waals surface area contributed by atoms with Crippen LogP contribution in [0.2, 0.25) is 0 Å². The predicted octanol–water partition coefficient (Wildman–Crippen LogP) is 4.92. The molecule has 3 atom stereocenters. The summed E-state index contributed by atoms with van der Waals surface area (Å²) in [5.41, 5.74) is 14.4. The molecule has 52 heavy (non-hydrogen) atoms. The highest BCUT2D eigenvalue weighted by atomic mass is 35.5. The van der Waals surface area contributed by atoms with Crippen molar-refractivity contribution < 1.29 is 19.1 Å². The number of carbonyl (C=O) groups is 2. The molecule has 15 heteroatoms. The highest BCUT2D eigenvalue weighted by molar-refractivity contribution is 5.93. The minimum atomic E-state index is -0.738. The van der Waals surface area contributed by atoms with Gasteiger partial charge in [-0.05, 0) is 76.6 Å². The molecule has 2 aromatic carbocycles. The number of nitrogens with two attached hydrogens (primary N) is 2. The fourth-order valence-electron chi connectivity index (χ4n) is 5.80. The number of nitrogens with zero attached hydrogens (tertiary/aromatic N) is 3. The van der Waals surface area contributed by atoms with Gasteiger partial charge in [-0.3, -0.25) is 19.8 Å². The molecule has 0 aliphatic rings. The van der Waals surface area contributed by atoms with E-state index in [1.165, 1.54) is 0 Å². The van der Waals surface area contributed by atoms with Gasteiger partial charge in [0.1, 0.15) is 17.5 Å². The summed E-state index contributed by atoms with van der Waals surface area (Å²) < 4.78 is 10.9. The van der Waals surface area contributed by atoms with Crippen molar-refractivity contribution in [3.05, 3.63) is 60.9 Å². The Labute approximate surface area is 311 Å². The van der Waals surface area contributed by atoms with Crippen LogP contribution in [0.25, 0.3) is 21.8 Å². The van der Waals surface area contributed by atoms with Gasteiger partial charge in [0.15, 0.2) is 5.96 Å². The average Bonchev–Trinajstić information content (AvgIpc) is 3.12. The summed E-state index contributed by atoms with van der Waals surface area (Å²) >= 11 is 0. The topological polar surface area (TPSA) is 203 Å². The second-order valence-electron chi connectivity index (χ2n) is 12.6. The third-order valence-electron chi connectivity index (χ3n) is 8.41. The maximum atomic E-state index is 13.2. The van der Waals surface area contributed by atoms with Gasteiger partial charge in [0.25, 0.3) is 0 Å². The summed E-state index contributed by atoms with van der Waals surface area (Å²) in [5.74, 6) is 1.24. The molecular weight excluding hydrogens is 684 g/mol. The average molecular weight is 737 g/mol. The van der Waals surface area contributed by atoms with Crippen LogP contribution in [-0.2, 0) is 4.79 Å². The molecule has 0 aliphatic heterocycles. The van der Waals surface area contributed by atoms with Crippen molar-refractivity contribution in [1.29, 1.82) is 0 Å². The third-order valence-corrected chi connectivity index (χ3v) is 8.41. The first-order valence-electron chi connectivity index (χ1n) is 17.4. The molecule has 0 aliphatic carbocycles. The molecule has 14 nitrogen and oxygen atoms in total. The van der Waals surface area contributed by atoms with Gasteiger partial charge in [0.05, 0.1) is 36.6 Å². The Morgan fingerprint density at radius 1 is 0.769 bits per heavy atom. The molecule has 282 valence electrons. The second kappa shape index (κ2) is 21.2. The normalized spacial score (nSPS) is 12.5. The number of pyridine rings is 2. The number of nitrogens with one attached hydrogen (secondary N) is 5. The minimum absolute atomic E-state index is 0. The highest BCUT2D eigenvalue weighted by Crippen LogP contribution is 2.29. The van der Waals surface area contributed by atoms with Crippen molar-refractivity contribution in [2.24, 2.45) is 16.5 Å². The van der Waals surface area contributed by atoms with Crippen molar-refractivity contribution in [1.82, 2.24) is 25.9 Å².